The SMILES string of the molecule is COc1cc(Cl)c(C)cc1NC(=O)c1cn2c(C)csc2n1. The minimum Gasteiger partial charge on any atom is -0.495 e. The van der Waals surface area contributed by atoms with Gasteiger partial charge >= 0.3 is 0 Å². The molecule has 0 radical (unpaired) electrons. The number of ether oxygens (including phenoxy) is 1. The number of anilines is 1. The van der Waals surface area contributed by atoms with Gasteiger partial charge in [-0.05, 0) is 25.5 Å². The molecule has 1 aromatic carbocycles. The van der Waals surface area contributed by atoms with Crippen molar-refractivity contribution >= 4 is 39.5 Å². The summed E-state index contributed by atoms with van der Waals surface area (Å²) in [5, 5.41) is 5.41. The molecule has 7 heteroatoms. The average molecular weight is 336 g/mol. The molecule has 114 valence electrons. The highest BCUT2D eigenvalue weighted by molar-refractivity contribution is 7.15. The lowest BCUT2D eigenvalue weighted by Gasteiger charge is -2.11. The van der Waals surface area contributed by atoms with E-state index in [2.05, 4.69) is 10.3 Å². The Kier molecular flexibility index (Phi) is 3.80. The number of fused-ring (bicyclic) bond motifs is 1. The fourth-order valence-corrected chi connectivity index (χ4v) is 3.12. The van der Waals surface area contributed by atoms with Crippen molar-refractivity contribution < 1.29 is 9.53 Å². The van der Waals surface area contributed by atoms with Gasteiger partial charge in [-0.3, -0.25) is 9.20 Å². The Morgan fingerprint density at radius 1 is 1.41 bits per heavy atom. The highest BCUT2D eigenvalue weighted by Crippen LogP contribution is 2.31. The second-order valence-corrected chi connectivity index (χ2v) is 6.16. The molecule has 1 N–H and O–H groups in total. The minimum atomic E-state index is -0.282. The first kappa shape index (κ1) is 14.9. The van der Waals surface area contributed by atoms with Gasteiger partial charge in [0.25, 0.3) is 5.91 Å². The maximum atomic E-state index is 12.4. The third-order valence-electron chi connectivity index (χ3n) is 3.35. The number of aromatic nitrogens is 2. The number of nitrogens with zero attached hydrogens (tertiary/aromatic N) is 2. The Balaban J connectivity index is 1.92. The molecule has 0 aliphatic carbocycles. The van der Waals surface area contributed by atoms with E-state index >= 15 is 0 Å². The summed E-state index contributed by atoms with van der Waals surface area (Å²) in [5.74, 6) is 0.233. The van der Waals surface area contributed by atoms with Gasteiger partial charge in [-0.25, -0.2) is 4.98 Å². The number of imidazole rings is 1. The van der Waals surface area contributed by atoms with Crippen LogP contribution >= 0.6 is 22.9 Å². The number of methoxy groups -OCH3 is 1. The van der Waals surface area contributed by atoms with Crippen molar-refractivity contribution in [3.8, 4) is 5.75 Å². The van der Waals surface area contributed by atoms with E-state index in [1.807, 2.05) is 23.6 Å². The number of halogens is 1. The Morgan fingerprint density at radius 2 is 2.18 bits per heavy atom. The lowest BCUT2D eigenvalue weighted by atomic mass is 10.2. The third-order valence-corrected chi connectivity index (χ3v) is 4.71. The van der Waals surface area contributed by atoms with E-state index in [1.54, 1.807) is 18.3 Å². The molecular weight excluding hydrogens is 322 g/mol. The molecule has 2 heterocycles. The van der Waals surface area contributed by atoms with Crippen LogP contribution in [0.2, 0.25) is 5.02 Å². The largest absolute Gasteiger partial charge is 0.495 e. The Labute approximate surface area is 136 Å². The number of thiazole rings is 1. The van der Waals surface area contributed by atoms with Gasteiger partial charge in [0.05, 0.1) is 12.8 Å². The lowest BCUT2D eigenvalue weighted by molar-refractivity contribution is 0.102. The van der Waals surface area contributed by atoms with Gasteiger partial charge in [-0.1, -0.05) is 11.6 Å². The maximum absolute atomic E-state index is 12.4. The average Bonchev–Trinajstić information content (AvgIpc) is 3.05. The highest BCUT2D eigenvalue weighted by atomic mass is 35.5. The summed E-state index contributed by atoms with van der Waals surface area (Å²) in [6.07, 6.45) is 1.73. The predicted octanol–water partition coefficient (Wildman–Crippen LogP) is 3.93. The number of hydrogen-bond donors (Lipinski definition) is 1. The Bertz CT molecular complexity index is 869. The summed E-state index contributed by atoms with van der Waals surface area (Å²) in [4.78, 5) is 17.5. The first-order valence-electron chi connectivity index (χ1n) is 6.58. The molecule has 0 bridgehead atoms. The van der Waals surface area contributed by atoms with Crippen molar-refractivity contribution in [1.29, 1.82) is 0 Å². The third kappa shape index (κ3) is 2.55. The highest BCUT2D eigenvalue weighted by Gasteiger charge is 2.15. The molecule has 22 heavy (non-hydrogen) atoms. The van der Waals surface area contributed by atoms with Crippen LogP contribution in [0.25, 0.3) is 4.96 Å². The van der Waals surface area contributed by atoms with Gasteiger partial charge in [0, 0.05) is 28.4 Å². The maximum Gasteiger partial charge on any atom is 0.276 e. The van der Waals surface area contributed by atoms with Crippen molar-refractivity contribution in [1.82, 2.24) is 9.38 Å². The number of amides is 1. The summed E-state index contributed by atoms with van der Waals surface area (Å²) < 4.78 is 7.15. The molecular formula is C15H14ClN3O2S. The van der Waals surface area contributed by atoms with E-state index in [4.69, 9.17) is 16.3 Å². The van der Waals surface area contributed by atoms with Crippen LogP contribution in [-0.2, 0) is 0 Å². The van der Waals surface area contributed by atoms with Crippen molar-refractivity contribution in [3.63, 3.8) is 0 Å². The molecule has 0 saturated carbocycles. The van der Waals surface area contributed by atoms with Crippen molar-refractivity contribution in [2.45, 2.75) is 13.8 Å². The van der Waals surface area contributed by atoms with Crippen molar-refractivity contribution in [2.24, 2.45) is 0 Å². The zero-order chi connectivity index (χ0) is 15.9. The lowest BCUT2D eigenvalue weighted by Crippen LogP contribution is -2.13. The van der Waals surface area contributed by atoms with E-state index < -0.39 is 0 Å². The molecule has 3 aromatic rings. The second-order valence-electron chi connectivity index (χ2n) is 4.91. The fraction of sp³-hybridized carbons (Fsp3) is 0.200. The molecule has 0 fully saturated rings. The molecule has 0 atom stereocenters. The number of aryl methyl sites for hydroxylation is 2. The first-order chi connectivity index (χ1) is 10.5. The fourth-order valence-electron chi connectivity index (χ4n) is 2.12. The first-order valence-corrected chi connectivity index (χ1v) is 7.84. The smallest absolute Gasteiger partial charge is 0.276 e. The van der Waals surface area contributed by atoms with E-state index in [-0.39, 0.29) is 5.91 Å². The van der Waals surface area contributed by atoms with Crippen LogP contribution in [-0.4, -0.2) is 22.4 Å². The number of hydrogen-bond acceptors (Lipinski definition) is 4. The predicted molar refractivity (Wildman–Crippen MR) is 88.5 cm³/mol. The zero-order valence-corrected chi connectivity index (χ0v) is 13.9. The molecule has 0 saturated heterocycles. The van der Waals surface area contributed by atoms with Crippen LogP contribution in [0.15, 0.2) is 23.7 Å². The van der Waals surface area contributed by atoms with Crippen molar-refractivity contribution in [2.75, 3.05) is 12.4 Å². The molecule has 0 unspecified atom stereocenters. The standard InChI is InChI=1S/C15H14ClN3O2S/c1-8-4-11(13(21-3)5-10(8)16)17-14(20)12-6-19-9(2)7-22-15(19)18-12/h4-7H,1-3H3,(H,17,20). The van der Waals surface area contributed by atoms with Gasteiger partial charge in [0.15, 0.2) is 4.96 Å². The normalized spacial score (nSPS) is 10.9. The second kappa shape index (κ2) is 5.62. The minimum absolute atomic E-state index is 0.282. The van der Waals surface area contributed by atoms with Gasteiger partial charge < -0.3 is 10.1 Å². The molecule has 2 aromatic heterocycles. The number of benzene rings is 1. The molecule has 3 rings (SSSR count). The van der Waals surface area contributed by atoms with Crippen molar-refractivity contribution in [3.05, 3.63) is 45.7 Å². The molecule has 0 spiro atoms. The molecule has 0 aliphatic heterocycles. The zero-order valence-electron chi connectivity index (χ0n) is 12.3. The summed E-state index contributed by atoms with van der Waals surface area (Å²) in [5.41, 5.74) is 2.85. The van der Waals surface area contributed by atoms with Gasteiger partial charge in [0.2, 0.25) is 0 Å². The number of rotatable bonds is 3. The quantitative estimate of drug-likeness (QED) is 0.789. The van der Waals surface area contributed by atoms with E-state index in [0.29, 0.717) is 22.2 Å². The molecule has 1 amide bonds. The Hall–Kier alpha value is -2.05. The van der Waals surface area contributed by atoms with Crippen LogP contribution in [0.3, 0.4) is 0 Å². The Morgan fingerprint density at radius 3 is 2.86 bits per heavy atom. The van der Waals surface area contributed by atoms with E-state index in [1.165, 1.54) is 18.4 Å². The van der Waals surface area contributed by atoms with E-state index in [0.717, 1.165) is 16.2 Å². The summed E-state index contributed by atoms with van der Waals surface area (Å²) >= 11 is 7.57. The number of nitrogens with one attached hydrogen (secondary N) is 1. The monoisotopic (exact) mass is 335 g/mol. The van der Waals surface area contributed by atoms with Gasteiger partial charge in [-0.15, -0.1) is 11.3 Å². The van der Waals surface area contributed by atoms with Crippen LogP contribution in [0.5, 0.6) is 5.75 Å². The van der Waals surface area contributed by atoms with Crippen LogP contribution in [0, 0.1) is 13.8 Å². The number of carbonyl (C=O) groups excluding carboxylic acids is 1. The van der Waals surface area contributed by atoms with Crippen LogP contribution in [0.4, 0.5) is 5.69 Å². The van der Waals surface area contributed by atoms with Gasteiger partial charge in [-0.2, -0.15) is 0 Å². The summed E-state index contributed by atoms with van der Waals surface area (Å²) in [7, 11) is 1.53. The topological polar surface area (TPSA) is 55.6 Å². The van der Waals surface area contributed by atoms with Gasteiger partial charge in [0.1, 0.15) is 11.4 Å². The van der Waals surface area contributed by atoms with Crippen LogP contribution in [0.1, 0.15) is 21.7 Å². The van der Waals surface area contributed by atoms with E-state index in [9.17, 15) is 4.79 Å². The number of carbonyl (C=O) groups is 1. The van der Waals surface area contributed by atoms with Crippen LogP contribution < -0.4 is 10.1 Å². The molecule has 0 aliphatic rings. The summed E-state index contributed by atoms with van der Waals surface area (Å²) in [6, 6.07) is 3.46. The molecule has 5 nitrogen and oxygen atoms in total. The summed E-state index contributed by atoms with van der Waals surface area (Å²) in [6.45, 7) is 3.84.